The van der Waals surface area contributed by atoms with Crippen LogP contribution in [0.5, 0.6) is 0 Å². The molecule has 0 atom stereocenters. The van der Waals surface area contributed by atoms with Gasteiger partial charge >= 0.3 is 0 Å². The highest BCUT2D eigenvalue weighted by atomic mass is 15.0. The van der Waals surface area contributed by atoms with E-state index in [1.165, 1.54) is 25.8 Å². The molecule has 1 N–H and O–H groups in total. The van der Waals surface area contributed by atoms with Crippen LogP contribution in [-0.4, -0.2) is 35.5 Å². The number of aromatic nitrogens is 2. The summed E-state index contributed by atoms with van der Waals surface area (Å²) in [4.78, 5) is 9.53. The molecule has 0 fully saturated rings. The summed E-state index contributed by atoms with van der Waals surface area (Å²) in [6, 6.07) is 0. The average Bonchev–Trinajstić information content (AvgIpc) is 2.55. The van der Waals surface area contributed by atoms with Gasteiger partial charge in [-0.25, -0.2) is 4.98 Å². The van der Waals surface area contributed by atoms with Gasteiger partial charge in [0, 0.05) is 18.8 Å². The lowest BCUT2D eigenvalue weighted by Gasteiger charge is -2.07. The van der Waals surface area contributed by atoms with Crippen molar-refractivity contribution in [3.8, 4) is 0 Å². The minimum absolute atomic E-state index is 1.08. The molecule has 0 saturated heterocycles. The van der Waals surface area contributed by atoms with Crippen LogP contribution >= 0.6 is 0 Å². The van der Waals surface area contributed by atoms with E-state index < -0.39 is 0 Å². The standard InChI is InChI=1S/C10H19N3/c1-13(2)9-5-3-4-6-10-11-7-8-12-10/h7-8H,3-6,9H2,1-2H3,(H,11,12). The molecule has 0 saturated carbocycles. The molecule has 74 valence electrons. The highest BCUT2D eigenvalue weighted by Gasteiger charge is 1.95. The third-order valence-electron chi connectivity index (χ3n) is 2.07. The monoisotopic (exact) mass is 181 g/mol. The lowest BCUT2D eigenvalue weighted by molar-refractivity contribution is 0.391. The second kappa shape index (κ2) is 5.75. The first-order valence-electron chi connectivity index (χ1n) is 4.92. The topological polar surface area (TPSA) is 31.9 Å². The number of hydrogen-bond acceptors (Lipinski definition) is 2. The van der Waals surface area contributed by atoms with Gasteiger partial charge in [-0.15, -0.1) is 0 Å². The molecule has 3 nitrogen and oxygen atoms in total. The number of H-pyrrole nitrogens is 1. The van der Waals surface area contributed by atoms with Crippen LogP contribution in [-0.2, 0) is 6.42 Å². The van der Waals surface area contributed by atoms with Crippen LogP contribution in [0.4, 0.5) is 0 Å². The van der Waals surface area contributed by atoms with Gasteiger partial charge in [0.2, 0.25) is 0 Å². The highest BCUT2D eigenvalue weighted by Crippen LogP contribution is 2.01. The maximum atomic E-state index is 4.18. The summed E-state index contributed by atoms with van der Waals surface area (Å²) >= 11 is 0. The van der Waals surface area contributed by atoms with Crippen LogP contribution in [0.2, 0.25) is 0 Å². The largest absolute Gasteiger partial charge is 0.349 e. The molecule has 3 heteroatoms. The normalized spacial score (nSPS) is 11.0. The molecule has 0 bridgehead atoms. The van der Waals surface area contributed by atoms with Crippen molar-refractivity contribution in [3.63, 3.8) is 0 Å². The number of imidazole rings is 1. The van der Waals surface area contributed by atoms with Crippen molar-refractivity contribution in [2.24, 2.45) is 0 Å². The van der Waals surface area contributed by atoms with E-state index in [4.69, 9.17) is 0 Å². The summed E-state index contributed by atoms with van der Waals surface area (Å²) in [6.45, 7) is 1.19. The molecule has 0 aromatic carbocycles. The number of unbranched alkanes of at least 4 members (excludes halogenated alkanes) is 2. The number of rotatable bonds is 6. The first-order valence-corrected chi connectivity index (χ1v) is 4.92. The summed E-state index contributed by atoms with van der Waals surface area (Å²) in [5.41, 5.74) is 0. The highest BCUT2D eigenvalue weighted by molar-refractivity contribution is 4.86. The molecule has 0 unspecified atom stereocenters. The van der Waals surface area contributed by atoms with Crippen molar-refractivity contribution in [2.45, 2.75) is 25.7 Å². The number of aromatic amines is 1. The second-order valence-electron chi connectivity index (χ2n) is 3.65. The second-order valence-corrected chi connectivity index (χ2v) is 3.65. The molecule has 13 heavy (non-hydrogen) atoms. The summed E-state index contributed by atoms with van der Waals surface area (Å²) in [6.07, 6.45) is 8.60. The maximum absolute atomic E-state index is 4.18. The zero-order chi connectivity index (χ0) is 9.52. The quantitative estimate of drug-likeness (QED) is 0.677. The Morgan fingerprint density at radius 3 is 2.77 bits per heavy atom. The number of nitrogens with zero attached hydrogens (tertiary/aromatic N) is 2. The van der Waals surface area contributed by atoms with Gasteiger partial charge in [0.25, 0.3) is 0 Å². The fourth-order valence-corrected chi connectivity index (χ4v) is 1.33. The lowest BCUT2D eigenvalue weighted by Crippen LogP contribution is -2.12. The van der Waals surface area contributed by atoms with Crippen molar-refractivity contribution in [1.82, 2.24) is 14.9 Å². The molecular weight excluding hydrogens is 162 g/mol. The third kappa shape index (κ3) is 4.68. The van der Waals surface area contributed by atoms with Crippen LogP contribution in [0.25, 0.3) is 0 Å². The summed E-state index contributed by atoms with van der Waals surface area (Å²) in [5, 5.41) is 0. The third-order valence-corrected chi connectivity index (χ3v) is 2.07. The van der Waals surface area contributed by atoms with E-state index >= 15 is 0 Å². The molecular formula is C10H19N3. The van der Waals surface area contributed by atoms with Gasteiger partial charge in [0.05, 0.1) is 0 Å². The van der Waals surface area contributed by atoms with E-state index in [1.807, 2.05) is 12.4 Å². The Morgan fingerprint density at radius 2 is 2.15 bits per heavy atom. The number of hydrogen-bond donors (Lipinski definition) is 1. The summed E-state index contributed by atoms with van der Waals surface area (Å²) in [7, 11) is 4.24. The van der Waals surface area contributed by atoms with Crippen LogP contribution in [0, 0.1) is 0 Å². The first-order chi connectivity index (χ1) is 6.29. The molecule has 1 heterocycles. The molecule has 0 radical (unpaired) electrons. The Kier molecular flexibility index (Phi) is 4.54. The van der Waals surface area contributed by atoms with Gasteiger partial charge in [0.1, 0.15) is 5.82 Å². The van der Waals surface area contributed by atoms with Gasteiger partial charge in [-0.3, -0.25) is 0 Å². The van der Waals surface area contributed by atoms with Crippen molar-refractivity contribution in [3.05, 3.63) is 18.2 Å². The van der Waals surface area contributed by atoms with Gasteiger partial charge in [-0.2, -0.15) is 0 Å². The van der Waals surface area contributed by atoms with Crippen LogP contribution in [0.1, 0.15) is 25.1 Å². The van der Waals surface area contributed by atoms with Gasteiger partial charge in [0.15, 0.2) is 0 Å². The Morgan fingerprint density at radius 1 is 1.31 bits per heavy atom. The Bertz CT molecular complexity index is 204. The van der Waals surface area contributed by atoms with Crippen molar-refractivity contribution < 1.29 is 0 Å². The fourth-order valence-electron chi connectivity index (χ4n) is 1.33. The van der Waals surface area contributed by atoms with E-state index in [0.29, 0.717) is 0 Å². The van der Waals surface area contributed by atoms with Gasteiger partial charge in [-0.05, 0) is 33.5 Å². The zero-order valence-electron chi connectivity index (χ0n) is 8.58. The Balaban J connectivity index is 1.96. The Hall–Kier alpha value is -0.830. The smallest absolute Gasteiger partial charge is 0.105 e. The Labute approximate surface area is 80.2 Å². The molecule has 0 aliphatic rings. The van der Waals surface area contributed by atoms with Crippen LogP contribution in [0.15, 0.2) is 12.4 Å². The van der Waals surface area contributed by atoms with E-state index in [-0.39, 0.29) is 0 Å². The molecule has 0 aliphatic carbocycles. The van der Waals surface area contributed by atoms with Crippen molar-refractivity contribution >= 4 is 0 Å². The van der Waals surface area contributed by atoms with Gasteiger partial charge in [-0.1, -0.05) is 6.42 Å². The predicted molar refractivity (Wildman–Crippen MR) is 54.7 cm³/mol. The maximum Gasteiger partial charge on any atom is 0.105 e. The van der Waals surface area contributed by atoms with Crippen LogP contribution in [0.3, 0.4) is 0 Å². The average molecular weight is 181 g/mol. The summed E-state index contributed by atoms with van der Waals surface area (Å²) < 4.78 is 0. The molecule has 1 aromatic heterocycles. The minimum Gasteiger partial charge on any atom is -0.349 e. The number of nitrogens with one attached hydrogen (secondary N) is 1. The lowest BCUT2D eigenvalue weighted by atomic mass is 10.2. The van der Waals surface area contributed by atoms with E-state index in [2.05, 4.69) is 29.0 Å². The number of aryl methyl sites for hydroxylation is 1. The predicted octanol–water partition coefficient (Wildman–Crippen LogP) is 1.68. The molecule has 0 amide bonds. The molecule has 0 aliphatic heterocycles. The molecule has 1 aromatic rings. The zero-order valence-corrected chi connectivity index (χ0v) is 8.58. The van der Waals surface area contributed by atoms with E-state index in [1.54, 1.807) is 0 Å². The van der Waals surface area contributed by atoms with Crippen LogP contribution < -0.4 is 0 Å². The minimum atomic E-state index is 1.08. The molecule has 1 rings (SSSR count). The SMILES string of the molecule is CN(C)CCCCCc1ncc[nH]1. The fraction of sp³-hybridized carbons (Fsp3) is 0.700. The van der Waals surface area contributed by atoms with Crippen molar-refractivity contribution in [2.75, 3.05) is 20.6 Å². The van der Waals surface area contributed by atoms with E-state index in [0.717, 1.165) is 12.2 Å². The first kappa shape index (κ1) is 10.3. The van der Waals surface area contributed by atoms with E-state index in [9.17, 15) is 0 Å². The van der Waals surface area contributed by atoms with Gasteiger partial charge < -0.3 is 9.88 Å². The van der Waals surface area contributed by atoms with Crippen molar-refractivity contribution in [1.29, 1.82) is 0 Å². The molecule has 0 spiro atoms. The summed E-state index contributed by atoms with van der Waals surface area (Å²) in [5.74, 6) is 1.12.